The Hall–Kier alpha value is -2.26. The van der Waals surface area contributed by atoms with Gasteiger partial charge in [0.25, 0.3) is 0 Å². The number of para-hydroxylation sites is 1. The zero-order valence-corrected chi connectivity index (χ0v) is 16.6. The highest BCUT2D eigenvalue weighted by Crippen LogP contribution is 2.32. The van der Waals surface area contributed by atoms with Crippen molar-refractivity contribution >= 4 is 0 Å². The highest BCUT2D eigenvalue weighted by Gasteiger charge is 2.11. The van der Waals surface area contributed by atoms with Crippen LogP contribution in [-0.4, -0.2) is 13.7 Å². The van der Waals surface area contributed by atoms with Gasteiger partial charge in [-0.1, -0.05) is 48.0 Å². The van der Waals surface area contributed by atoms with E-state index in [1.807, 2.05) is 12.1 Å². The predicted octanol–water partition coefficient (Wildman–Crippen LogP) is 5.56. The van der Waals surface area contributed by atoms with Crippen molar-refractivity contribution in [3.05, 3.63) is 70.8 Å². The molecular formula is C24H31NO2. The summed E-state index contributed by atoms with van der Waals surface area (Å²) < 4.78 is 11.7. The molecule has 27 heavy (non-hydrogen) atoms. The van der Waals surface area contributed by atoms with E-state index in [0.29, 0.717) is 6.61 Å². The number of hydrogen-bond donors (Lipinski definition) is 1. The molecule has 0 aromatic heterocycles. The minimum absolute atomic E-state index is 0.549. The normalized spacial score (nSPS) is 13.9. The first-order chi connectivity index (χ1) is 13.3. The van der Waals surface area contributed by atoms with Gasteiger partial charge in [-0.2, -0.15) is 0 Å². The Balaban J connectivity index is 1.60. The summed E-state index contributed by atoms with van der Waals surface area (Å²) in [5, 5.41) is 3.57. The first-order valence-electron chi connectivity index (χ1n) is 9.99. The van der Waals surface area contributed by atoms with Gasteiger partial charge >= 0.3 is 0 Å². The Morgan fingerprint density at radius 2 is 1.85 bits per heavy atom. The molecule has 1 N–H and O–H groups in total. The van der Waals surface area contributed by atoms with Gasteiger partial charge in [0.05, 0.1) is 7.11 Å². The molecule has 0 spiro atoms. The third-order valence-electron chi connectivity index (χ3n) is 5.24. The van der Waals surface area contributed by atoms with Gasteiger partial charge in [0, 0.05) is 12.1 Å². The fraction of sp³-hybridized carbons (Fsp3) is 0.417. The molecule has 3 rings (SSSR count). The number of benzene rings is 2. The number of allylic oxidation sites excluding steroid dienone is 1. The highest BCUT2D eigenvalue weighted by atomic mass is 16.5. The molecule has 0 radical (unpaired) electrons. The molecule has 3 heteroatoms. The average Bonchev–Trinajstić information content (AvgIpc) is 2.71. The standard InChI is InChI=1S/C24H31NO2/c1-19-9-6-7-12-22(19)18-27-24-21(13-8-14-23(24)26-2)17-25-16-15-20-10-4-3-5-11-20/h6-10,12-14,25H,3-5,11,15-18H2,1-2H3. The molecule has 1 aliphatic carbocycles. The summed E-state index contributed by atoms with van der Waals surface area (Å²) in [5.74, 6) is 1.63. The van der Waals surface area contributed by atoms with E-state index < -0.39 is 0 Å². The van der Waals surface area contributed by atoms with Gasteiger partial charge in [0.15, 0.2) is 11.5 Å². The van der Waals surface area contributed by atoms with Crippen LogP contribution in [0.15, 0.2) is 54.1 Å². The van der Waals surface area contributed by atoms with Gasteiger partial charge in [0.1, 0.15) is 6.61 Å². The molecule has 2 aromatic carbocycles. The number of nitrogens with one attached hydrogen (secondary N) is 1. The second-order valence-corrected chi connectivity index (χ2v) is 7.20. The number of rotatable bonds is 9. The van der Waals surface area contributed by atoms with E-state index in [0.717, 1.165) is 36.6 Å². The summed E-state index contributed by atoms with van der Waals surface area (Å²) in [5.41, 5.74) is 5.19. The van der Waals surface area contributed by atoms with Crippen LogP contribution in [0.2, 0.25) is 0 Å². The molecule has 0 bridgehead atoms. The lowest BCUT2D eigenvalue weighted by atomic mass is 9.97. The molecule has 0 saturated carbocycles. The van der Waals surface area contributed by atoms with Crippen LogP contribution in [0.5, 0.6) is 11.5 Å². The van der Waals surface area contributed by atoms with Gasteiger partial charge in [-0.15, -0.1) is 0 Å². The number of ether oxygens (including phenoxy) is 2. The quantitative estimate of drug-likeness (QED) is 0.466. The Bertz CT molecular complexity index is 767. The van der Waals surface area contributed by atoms with Crippen LogP contribution in [0.4, 0.5) is 0 Å². The first-order valence-corrected chi connectivity index (χ1v) is 9.99. The van der Waals surface area contributed by atoms with Gasteiger partial charge in [-0.3, -0.25) is 0 Å². The predicted molar refractivity (Wildman–Crippen MR) is 111 cm³/mol. The Morgan fingerprint density at radius 3 is 2.63 bits per heavy atom. The molecule has 0 amide bonds. The minimum Gasteiger partial charge on any atom is -0.493 e. The van der Waals surface area contributed by atoms with E-state index in [1.54, 1.807) is 12.7 Å². The zero-order chi connectivity index (χ0) is 18.9. The zero-order valence-electron chi connectivity index (χ0n) is 16.6. The summed E-state index contributed by atoms with van der Waals surface area (Å²) in [6, 6.07) is 14.4. The lowest BCUT2D eigenvalue weighted by Gasteiger charge is -2.17. The van der Waals surface area contributed by atoms with Crippen LogP contribution in [0.1, 0.15) is 48.8 Å². The monoisotopic (exact) mass is 365 g/mol. The number of methoxy groups -OCH3 is 1. The average molecular weight is 366 g/mol. The Morgan fingerprint density at radius 1 is 1.00 bits per heavy atom. The van der Waals surface area contributed by atoms with E-state index in [-0.39, 0.29) is 0 Å². The fourth-order valence-electron chi connectivity index (χ4n) is 3.55. The molecule has 0 heterocycles. The van der Waals surface area contributed by atoms with E-state index >= 15 is 0 Å². The van der Waals surface area contributed by atoms with E-state index in [4.69, 9.17) is 9.47 Å². The Kier molecular flexibility index (Phi) is 7.35. The molecule has 144 valence electrons. The Labute approximate surface area is 163 Å². The van der Waals surface area contributed by atoms with Crippen LogP contribution >= 0.6 is 0 Å². The molecule has 1 aliphatic rings. The maximum Gasteiger partial charge on any atom is 0.166 e. The maximum atomic E-state index is 6.20. The molecule has 0 fully saturated rings. The van der Waals surface area contributed by atoms with Gasteiger partial charge in [-0.25, -0.2) is 0 Å². The van der Waals surface area contributed by atoms with Gasteiger partial charge in [0.2, 0.25) is 0 Å². The molecule has 0 unspecified atom stereocenters. The lowest BCUT2D eigenvalue weighted by molar-refractivity contribution is 0.280. The van der Waals surface area contributed by atoms with Crippen molar-refractivity contribution in [2.75, 3.05) is 13.7 Å². The van der Waals surface area contributed by atoms with Crippen molar-refractivity contribution in [1.82, 2.24) is 5.32 Å². The van der Waals surface area contributed by atoms with E-state index in [1.165, 1.54) is 36.8 Å². The SMILES string of the molecule is COc1cccc(CNCCC2=CCCCC2)c1OCc1ccccc1C. The van der Waals surface area contributed by atoms with Crippen LogP contribution in [0.3, 0.4) is 0 Å². The van der Waals surface area contributed by atoms with Crippen LogP contribution in [0.25, 0.3) is 0 Å². The van der Waals surface area contributed by atoms with Crippen LogP contribution in [0, 0.1) is 6.92 Å². The molecule has 2 aromatic rings. The van der Waals surface area contributed by atoms with Gasteiger partial charge < -0.3 is 14.8 Å². The van der Waals surface area contributed by atoms with Crippen LogP contribution < -0.4 is 14.8 Å². The number of aryl methyl sites for hydroxylation is 1. The van der Waals surface area contributed by atoms with Crippen molar-refractivity contribution < 1.29 is 9.47 Å². The van der Waals surface area contributed by atoms with Crippen molar-refractivity contribution in [3.63, 3.8) is 0 Å². The molecule has 0 saturated heterocycles. The van der Waals surface area contributed by atoms with Crippen LogP contribution in [-0.2, 0) is 13.2 Å². The highest BCUT2D eigenvalue weighted by molar-refractivity contribution is 5.46. The van der Waals surface area contributed by atoms with Crippen molar-refractivity contribution in [3.8, 4) is 11.5 Å². The largest absolute Gasteiger partial charge is 0.493 e. The topological polar surface area (TPSA) is 30.5 Å². The summed E-state index contributed by atoms with van der Waals surface area (Å²) in [4.78, 5) is 0. The van der Waals surface area contributed by atoms with E-state index in [9.17, 15) is 0 Å². The first kappa shape index (κ1) is 19.5. The fourth-order valence-corrected chi connectivity index (χ4v) is 3.55. The molecular weight excluding hydrogens is 334 g/mol. The second kappa shape index (κ2) is 10.2. The van der Waals surface area contributed by atoms with Gasteiger partial charge in [-0.05, 0) is 62.8 Å². The summed E-state index contributed by atoms with van der Waals surface area (Å²) >= 11 is 0. The molecule has 0 aliphatic heterocycles. The number of hydrogen-bond acceptors (Lipinski definition) is 3. The smallest absolute Gasteiger partial charge is 0.166 e. The molecule has 3 nitrogen and oxygen atoms in total. The summed E-state index contributed by atoms with van der Waals surface area (Å²) in [6.07, 6.45) is 8.78. The van der Waals surface area contributed by atoms with Crippen molar-refractivity contribution in [2.24, 2.45) is 0 Å². The second-order valence-electron chi connectivity index (χ2n) is 7.20. The van der Waals surface area contributed by atoms with E-state index in [2.05, 4.69) is 48.6 Å². The molecule has 0 atom stereocenters. The third-order valence-corrected chi connectivity index (χ3v) is 5.24. The summed E-state index contributed by atoms with van der Waals surface area (Å²) in [7, 11) is 1.70. The minimum atomic E-state index is 0.549. The third kappa shape index (κ3) is 5.61. The van der Waals surface area contributed by atoms with Crippen molar-refractivity contribution in [2.45, 2.75) is 52.2 Å². The van der Waals surface area contributed by atoms with Crippen molar-refractivity contribution in [1.29, 1.82) is 0 Å². The summed E-state index contributed by atoms with van der Waals surface area (Å²) in [6.45, 7) is 4.45. The maximum absolute atomic E-state index is 6.20. The lowest BCUT2D eigenvalue weighted by Crippen LogP contribution is -2.16.